The lowest BCUT2D eigenvalue weighted by Crippen LogP contribution is -2.70. The number of aliphatic hydroxyl groups excluding tert-OH is 15. The second kappa shape index (κ2) is 45.8. The fourth-order valence-electron chi connectivity index (χ4n) is 14.0. The topological polar surface area (TPSA) is 786 Å². The Morgan fingerprint density at radius 2 is 0.554 bits per heavy atom. The van der Waals surface area contributed by atoms with Gasteiger partial charge in [-0.15, -0.1) is 0 Å². The predicted molar refractivity (Wildman–Crippen MR) is 378 cm³/mol. The minimum absolute atomic E-state index is 0.529. The number of esters is 3. The zero-order valence-electron chi connectivity index (χ0n) is 65.6. The van der Waals surface area contributed by atoms with Crippen LogP contribution in [0.4, 0.5) is 0 Å². The number of aliphatic carboxylic acids is 4. The van der Waals surface area contributed by atoms with Gasteiger partial charge in [0.2, 0.25) is 23.6 Å². The maximum atomic E-state index is 12.6. The molecule has 8 aliphatic rings. The number of rotatable bonds is 30. The van der Waals surface area contributed by atoms with Crippen LogP contribution in [0, 0.1) is 0 Å². The van der Waals surface area contributed by atoms with E-state index in [0.717, 1.165) is 60.1 Å². The van der Waals surface area contributed by atoms with Gasteiger partial charge in [-0.3, -0.25) is 19.2 Å². The van der Waals surface area contributed by atoms with E-state index in [2.05, 4.69) is 45.7 Å². The number of hydrogen-bond donors (Lipinski definition) is 23. The Hall–Kier alpha value is -7.65. The van der Waals surface area contributed by atoms with Gasteiger partial charge in [-0.25, -0.2) is 33.6 Å². The van der Waals surface area contributed by atoms with E-state index in [1.807, 2.05) is 0 Å². The summed E-state index contributed by atoms with van der Waals surface area (Å²) in [7, 11) is 2.09. The lowest BCUT2D eigenvalue weighted by Gasteiger charge is -2.50. The van der Waals surface area contributed by atoms with Crippen LogP contribution in [0.5, 0.6) is 0 Å². The molecule has 688 valence electrons. The lowest BCUT2D eigenvalue weighted by molar-refractivity contribution is -0.366. The fraction of sp³-hybridized carbons (Fsp3) is 0.754. The normalized spacial score (nSPS) is 41.6. The van der Waals surface area contributed by atoms with Crippen molar-refractivity contribution in [3.63, 3.8) is 0 Å². The highest BCUT2D eigenvalue weighted by molar-refractivity contribution is 5.95. The number of methoxy groups -OCH3 is 2. The van der Waals surface area contributed by atoms with E-state index in [4.69, 9.17) is 80.5 Å². The Balaban J connectivity index is 0.000000340. The zero-order chi connectivity index (χ0) is 91.0. The van der Waals surface area contributed by atoms with Gasteiger partial charge in [-0.2, -0.15) is 0 Å². The van der Waals surface area contributed by atoms with Gasteiger partial charge >= 0.3 is 41.8 Å². The first-order chi connectivity index (χ1) is 56.8. The SMILES string of the molecule is C=CC(=O)OC(=O)C=C.C=CC(=O)OCC1OC(C)C(NC(C)=O)C(OC2OC(C(=O)O)C(OC3OC(CO)C(O)C(OC4OC(C(=O)O)C(OC)C(O)C4O)C3NC(C)=O)C(O)C2O)C1O.COC1C(C(=O)O)OC(OC2C(O)C(CO)OC(OC3C(C(=O)O)OC(OC4C(O)C(CO)OC(C)C4NC(C)=O)C(O)C3O)C2NC(C)=O)C(O)C1O. The van der Waals surface area contributed by atoms with Gasteiger partial charge in [0.1, 0.15) is 165 Å². The molecule has 8 aliphatic heterocycles. The molecule has 4 amide bonds. The molecule has 8 fully saturated rings. The summed E-state index contributed by atoms with van der Waals surface area (Å²) in [6.45, 7) is 13.5. The number of carboxylic acid groups (broad SMARTS) is 4. The third kappa shape index (κ3) is 25.1. The summed E-state index contributed by atoms with van der Waals surface area (Å²) in [4.78, 5) is 130. The molecule has 40 atom stereocenters. The summed E-state index contributed by atoms with van der Waals surface area (Å²) < 4.78 is 97.8. The third-order valence-electron chi connectivity index (χ3n) is 19.8. The van der Waals surface area contributed by atoms with Crippen LogP contribution in [-0.4, -0.2) is 448 Å². The second-order valence-corrected chi connectivity index (χ2v) is 28.2. The number of carbonyl (C=O) groups excluding carboxylic acids is 7. The quantitative estimate of drug-likeness (QED) is 0.0180. The summed E-state index contributed by atoms with van der Waals surface area (Å²) in [5, 5.41) is 211. The smallest absolute Gasteiger partial charge is 0.338 e. The molecule has 8 saturated heterocycles. The molecule has 0 aromatic carbocycles. The Kier molecular flexibility index (Phi) is 38.7. The van der Waals surface area contributed by atoms with Gasteiger partial charge in [0.15, 0.2) is 62.2 Å². The molecule has 52 heteroatoms. The molecule has 0 saturated carbocycles. The van der Waals surface area contributed by atoms with Crippen LogP contribution in [0.25, 0.3) is 0 Å². The molecule has 0 aliphatic carbocycles. The van der Waals surface area contributed by atoms with Gasteiger partial charge in [0, 0.05) is 60.1 Å². The van der Waals surface area contributed by atoms with Crippen LogP contribution in [0.1, 0.15) is 41.5 Å². The van der Waals surface area contributed by atoms with E-state index >= 15 is 0 Å². The molecule has 8 heterocycles. The molecule has 0 aromatic rings. The molecule has 52 nitrogen and oxygen atoms in total. The highest BCUT2D eigenvalue weighted by Crippen LogP contribution is 2.39. The Morgan fingerprint density at radius 3 is 0.818 bits per heavy atom. The van der Waals surface area contributed by atoms with Crippen LogP contribution < -0.4 is 21.3 Å². The Labute approximate surface area is 685 Å². The fourth-order valence-corrected chi connectivity index (χ4v) is 14.0. The van der Waals surface area contributed by atoms with Crippen molar-refractivity contribution in [2.75, 3.05) is 40.6 Å². The van der Waals surface area contributed by atoms with Crippen molar-refractivity contribution in [3.8, 4) is 0 Å². The molecular formula is C69H104N4O48. The van der Waals surface area contributed by atoms with E-state index < -0.39 is 337 Å². The monoisotopic (exact) mass is 1760 g/mol. The molecule has 8 rings (SSSR count). The lowest BCUT2D eigenvalue weighted by atomic mass is 9.92. The van der Waals surface area contributed by atoms with Gasteiger partial charge in [0.25, 0.3) is 0 Å². The second-order valence-electron chi connectivity index (χ2n) is 28.2. The number of ether oxygens (including phenoxy) is 18. The average molecular weight is 1760 g/mol. The van der Waals surface area contributed by atoms with Crippen molar-refractivity contribution < 1.29 is 235 Å². The minimum Gasteiger partial charge on any atom is -0.479 e. The highest BCUT2D eigenvalue weighted by atomic mass is 16.8. The molecular weight excluding hydrogens is 1650 g/mol. The van der Waals surface area contributed by atoms with Crippen molar-refractivity contribution in [2.24, 2.45) is 0 Å². The summed E-state index contributed by atoms with van der Waals surface area (Å²) in [6, 6.07) is -5.81. The summed E-state index contributed by atoms with van der Waals surface area (Å²) in [5.41, 5.74) is 0. The molecule has 121 heavy (non-hydrogen) atoms. The molecule has 23 N–H and O–H groups in total. The van der Waals surface area contributed by atoms with Crippen molar-refractivity contribution in [1.82, 2.24) is 21.3 Å². The first-order valence-corrected chi connectivity index (χ1v) is 36.8. The summed E-state index contributed by atoms with van der Waals surface area (Å²) >= 11 is 0. The minimum atomic E-state index is -2.26. The molecule has 40 unspecified atom stereocenters. The number of nitrogens with one attached hydrogen (secondary N) is 4. The van der Waals surface area contributed by atoms with Crippen LogP contribution in [0.3, 0.4) is 0 Å². The van der Waals surface area contributed by atoms with E-state index in [1.54, 1.807) is 0 Å². The number of aliphatic hydroxyl groups is 15. The number of carboxylic acids is 4. The first kappa shape index (κ1) is 102. The van der Waals surface area contributed by atoms with Crippen LogP contribution in [0.15, 0.2) is 38.0 Å². The number of carbonyl (C=O) groups is 11. The van der Waals surface area contributed by atoms with Crippen molar-refractivity contribution in [1.29, 1.82) is 0 Å². The maximum Gasteiger partial charge on any atom is 0.338 e. The van der Waals surface area contributed by atoms with Crippen LogP contribution in [0.2, 0.25) is 0 Å². The van der Waals surface area contributed by atoms with Gasteiger partial charge < -0.3 is 204 Å². The van der Waals surface area contributed by atoms with Crippen molar-refractivity contribution in [2.45, 2.75) is 287 Å². The average Bonchev–Trinajstić information content (AvgIpc) is 0.764. The van der Waals surface area contributed by atoms with E-state index in [9.17, 15) is 150 Å². The predicted octanol–water partition coefficient (Wildman–Crippen LogP) is -13.9. The first-order valence-electron chi connectivity index (χ1n) is 36.8. The number of amides is 4. The Morgan fingerprint density at radius 1 is 0.314 bits per heavy atom. The zero-order valence-corrected chi connectivity index (χ0v) is 65.6. The Bertz CT molecular complexity index is 3510. The van der Waals surface area contributed by atoms with Gasteiger partial charge in [-0.05, 0) is 13.8 Å². The molecule has 0 spiro atoms. The van der Waals surface area contributed by atoms with Crippen molar-refractivity contribution in [3.05, 3.63) is 38.0 Å². The number of hydrogen-bond acceptors (Lipinski definition) is 44. The largest absolute Gasteiger partial charge is 0.479 e. The van der Waals surface area contributed by atoms with Gasteiger partial charge in [-0.1, -0.05) is 19.7 Å². The highest BCUT2D eigenvalue weighted by Gasteiger charge is 2.61. The van der Waals surface area contributed by atoms with Crippen molar-refractivity contribution >= 4 is 65.4 Å². The summed E-state index contributed by atoms with van der Waals surface area (Å²) in [6.07, 6.45) is -63.7. The third-order valence-corrected chi connectivity index (χ3v) is 19.8. The maximum absolute atomic E-state index is 12.6. The standard InChI is InChI=1S/C33H50N2O23.C30H48N2O22.C6H6O3/c1-6-14(39)51-8-13-18(41)23(15(9(2)52-13)34-10(3)37)54-33-22(45)20(43)26(28(58-33)30(48)49)56-31-16(35-11(4)38)24(17(40)12(7-36)53-31)55-32-21(44)19(42)25(50-5)27(57-32)29(46)47;1-7-12(31-8(2)35)20(14(37)10(5-33)48-7)50-30-19(42)17(40)23(25(54-30)27(45)46)52-28-13(32-9(3)36)21(15(38)11(6-34)49-28)51-29-18(41)16(39)22(47-4)24(53-29)26(43)44;1-3-5(7)9-6(8)4-2/h6,9,12-13,15-28,31-33,36,40-45H,1,7-8H2,2-5H3,(H,34,37)(H,35,38)(H,46,47)(H,48,49);7,10-25,28-30,33-34,37-42H,5-6H2,1-4H3,(H,31,35)(H,32,36)(H,43,44)(H,45,46);3-4H,1-2H2. The van der Waals surface area contributed by atoms with E-state index in [-0.39, 0.29) is 0 Å². The van der Waals surface area contributed by atoms with Crippen LogP contribution >= 0.6 is 0 Å². The van der Waals surface area contributed by atoms with E-state index in [0.29, 0.717) is 0 Å². The summed E-state index contributed by atoms with van der Waals surface area (Å²) in [5.74, 6) is -12.2. The van der Waals surface area contributed by atoms with Gasteiger partial charge in [0.05, 0.1) is 44.1 Å². The molecule has 0 aromatic heterocycles. The molecule has 0 bridgehead atoms. The molecule has 0 radical (unpaired) electrons. The van der Waals surface area contributed by atoms with E-state index in [1.165, 1.54) is 13.8 Å². The van der Waals surface area contributed by atoms with Crippen LogP contribution in [-0.2, 0) is 138 Å².